The van der Waals surface area contributed by atoms with Gasteiger partial charge in [-0.1, -0.05) is 23.8 Å². The van der Waals surface area contributed by atoms with Crippen molar-refractivity contribution in [1.29, 1.82) is 0 Å². The predicted molar refractivity (Wildman–Crippen MR) is 78.3 cm³/mol. The average molecular weight is 279 g/mol. The molecule has 0 saturated heterocycles. The number of aryl methyl sites for hydroxylation is 1. The number of anilines is 1. The molecule has 1 amide bonds. The molecule has 0 unspecified atom stereocenters. The summed E-state index contributed by atoms with van der Waals surface area (Å²) >= 11 is 0. The number of nitrogens with zero attached hydrogens (tertiary/aromatic N) is 4. The number of carbonyl (C=O) groups excluding carboxylic acids is 1. The monoisotopic (exact) mass is 279 g/mol. The Labute approximate surface area is 121 Å². The standard InChI is InChI=1S/C15H13N5O/c1-11-5-7-12(8-6-11)15(21)17-13-3-2-4-14(9-13)20-10-16-18-19-20/h2-10H,1H3,(H,17,21). The highest BCUT2D eigenvalue weighted by Gasteiger charge is 2.06. The van der Waals surface area contributed by atoms with Gasteiger partial charge in [0.05, 0.1) is 5.69 Å². The molecule has 2 aromatic carbocycles. The van der Waals surface area contributed by atoms with E-state index in [1.54, 1.807) is 12.1 Å². The minimum atomic E-state index is -0.149. The van der Waals surface area contributed by atoms with Crippen molar-refractivity contribution in [2.24, 2.45) is 0 Å². The van der Waals surface area contributed by atoms with Crippen LogP contribution in [0.25, 0.3) is 5.69 Å². The van der Waals surface area contributed by atoms with Gasteiger partial charge in [0.25, 0.3) is 5.91 Å². The number of benzene rings is 2. The fourth-order valence-corrected chi connectivity index (χ4v) is 1.91. The van der Waals surface area contributed by atoms with E-state index in [2.05, 4.69) is 20.8 Å². The summed E-state index contributed by atoms with van der Waals surface area (Å²) in [6.45, 7) is 1.98. The van der Waals surface area contributed by atoms with E-state index in [9.17, 15) is 4.79 Å². The second-order valence-electron chi connectivity index (χ2n) is 4.62. The molecule has 0 atom stereocenters. The lowest BCUT2D eigenvalue weighted by Crippen LogP contribution is -2.12. The lowest BCUT2D eigenvalue weighted by Gasteiger charge is -2.07. The van der Waals surface area contributed by atoms with Gasteiger partial charge in [-0.15, -0.1) is 5.10 Å². The first-order chi connectivity index (χ1) is 10.2. The Morgan fingerprint density at radius 2 is 1.95 bits per heavy atom. The van der Waals surface area contributed by atoms with Gasteiger partial charge in [0.15, 0.2) is 0 Å². The van der Waals surface area contributed by atoms with Crippen LogP contribution >= 0.6 is 0 Å². The highest BCUT2D eigenvalue weighted by atomic mass is 16.1. The predicted octanol–water partition coefficient (Wildman–Crippen LogP) is 2.22. The van der Waals surface area contributed by atoms with Gasteiger partial charge in [-0.25, -0.2) is 4.68 Å². The zero-order valence-corrected chi connectivity index (χ0v) is 11.4. The number of carbonyl (C=O) groups is 1. The van der Waals surface area contributed by atoms with Crippen LogP contribution in [0.4, 0.5) is 5.69 Å². The zero-order chi connectivity index (χ0) is 14.7. The molecule has 1 aromatic heterocycles. The maximum atomic E-state index is 12.2. The van der Waals surface area contributed by atoms with Gasteiger partial charge in [-0.3, -0.25) is 4.79 Å². The first kappa shape index (κ1) is 13.0. The lowest BCUT2D eigenvalue weighted by molar-refractivity contribution is 0.102. The van der Waals surface area contributed by atoms with Crippen molar-refractivity contribution >= 4 is 11.6 Å². The van der Waals surface area contributed by atoms with Crippen LogP contribution in [0.1, 0.15) is 15.9 Å². The van der Waals surface area contributed by atoms with Crippen molar-refractivity contribution in [3.05, 3.63) is 66.0 Å². The van der Waals surface area contributed by atoms with Crippen molar-refractivity contribution in [3.63, 3.8) is 0 Å². The van der Waals surface area contributed by atoms with Gasteiger partial charge in [0.1, 0.15) is 6.33 Å². The smallest absolute Gasteiger partial charge is 0.255 e. The highest BCUT2D eigenvalue weighted by Crippen LogP contribution is 2.14. The van der Waals surface area contributed by atoms with E-state index in [1.807, 2.05) is 43.3 Å². The zero-order valence-electron chi connectivity index (χ0n) is 11.4. The van der Waals surface area contributed by atoms with E-state index in [0.717, 1.165) is 11.3 Å². The molecule has 0 fully saturated rings. The van der Waals surface area contributed by atoms with Crippen molar-refractivity contribution in [2.75, 3.05) is 5.32 Å². The summed E-state index contributed by atoms with van der Waals surface area (Å²) in [5.74, 6) is -0.149. The Balaban J connectivity index is 1.80. The van der Waals surface area contributed by atoms with Crippen LogP contribution in [-0.4, -0.2) is 26.1 Å². The van der Waals surface area contributed by atoms with Crippen molar-refractivity contribution < 1.29 is 4.79 Å². The second-order valence-corrected chi connectivity index (χ2v) is 4.62. The Morgan fingerprint density at radius 1 is 1.14 bits per heavy atom. The molecule has 0 saturated carbocycles. The minimum absolute atomic E-state index is 0.149. The van der Waals surface area contributed by atoms with Crippen LogP contribution < -0.4 is 5.32 Å². The third kappa shape index (κ3) is 2.94. The van der Waals surface area contributed by atoms with Crippen LogP contribution in [0.3, 0.4) is 0 Å². The molecule has 0 radical (unpaired) electrons. The number of rotatable bonds is 3. The summed E-state index contributed by atoms with van der Waals surface area (Å²) in [7, 11) is 0. The molecule has 3 aromatic rings. The number of hydrogen-bond donors (Lipinski definition) is 1. The van der Waals surface area contributed by atoms with E-state index in [0.29, 0.717) is 11.3 Å². The van der Waals surface area contributed by atoms with E-state index in [4.69, 9.17) is 0 Å². The molecule has 0 aliphatic rings. The van der Waals surface area contributed by atoms with Gasteiger partial charge in [0.2, 0.25) is 0 Å². The van der Waals surface area contributed by atoms with Crippen LogP contribution in [0, 0.1) is 6.92 Å². The van der Waals surface area contributed by atoms with E-state index in [-0.39, 0.29) is 5.91 Å². The summed E-state index contributed by atoms with van der Waals surface area (Å²) in [6, 6.07) is 14.7. The molecule has 0 spiro atoms. The topological polar surface area (TPSA) is 72.7 Å². The highest BCUT2D eigenvalue weighted by molar-refractivity contribution is 6.04. The molecule has 0 bridgehead atoms. The fraction of sp³-hybridized carbons (Fsp3) is 0.0667. The van der Waals surface area contributed by atoms with Gasteiger partial charge in [0, 0.05) is 11.3 Å². The second kappa shape index (κ2) is 5.54. The maximum absolute atomic E-state index is 12.2. The molecular weight excluding hydrogens is 266 g/mol. The Morgan fingerprint density at radius 3 is 2.67 bits per heavy atom. The minimum Gasteiger partial charge on any atom is -0.322 e. The van der Waals surface area contributed by atoms with Crippen LogP contribution in [0.5, 0.6) is 0 Å². The Hall–Kier alpha value is -3.02. The summed E-state index contributed by atoms with van der Waals surface area (Å²) in [6.07, 6.45) is 1.50. The summed E-state index contributed by atoms with van der Waals surface area (Å²) in [4.78, 5) is 12.2. The molecule has 104 valence electrons. The normalized spacial score (nSPS) is 10.3. The number of nitrogens with one attached hydrogen (secondary N) is 1. The third-order valence-electron chi connectivity index (χ3n) is 3.03. The first-order valence-electron chi connectivity index (χ1n) is 6.44. The van der Waals surface area contributed by atoms with E-state index < -0.39 is 0 Å². The first-order valence-corrected chi connectivity index (χ1v) is 6.44. The number of tetrazole rings is 1. The molecule has 0 aliphatic carbocycles. The SMILES string of the molecule is Cc1ccc(C(=O)Nc2cccc(-n3cnnn3)c2)cc1. The van der Waals surface area contributed by atoms with E-state index in [1.165, 1.54) is 11.0 Å². The van der Waals surface area contributed by atoms with Gasteiger partial charge < -0.3 is 5.32 Å². The maximum Gasteiger partial charge on any atom is 0.255 e. The number of aromatic nitrogens is 4. The molecule has 1 N–H and O–H groups in total. The van der Waals surface area contributed by atoms with Crippen LogP contribution in [0.2, 0.25) is 0 Å². The third-order valence-corrected chi connectivity index (χ3v) is 3.03. The van der Waals surface area contributed by atoms with Crippen molar-refractivity contribution in [3.8, 4) is 5.69 Å². The molecule has 0 aliphatic heterocycles. The fourth-order valence-electron chi connectivity index (χ4n) is 1.91. The average Bonchev–Trinajstić information content (AvgIpc) is 3.02. The summed E-state index contributed by atoms with van der Waals surface area (Å²) in [5.41, 5.74) is 3.20. The largest absolute Gasteiger partial charge is 0.322 e. The van der Waals surface area contributed by atoms with Crippen molar-refractivity contribution in [1.82, 2.24) is 20.2 Å². The quantitative estimate of drug-likeness (QED) is 0.798. The molecule has 6 nitrogen and oxygen atoms in total. The lowest BCUT2D eigenvalue weighted by atomic mass is 10.1. The molecule has 21 heavy (non-hydrogen) atoms. The van der Waals surface area contributed by atoms with Gasteiger partial charge in [-0.2, -0.15) is 0 Å². The Bertz CT molecular complexity index is 750. The van der Waals surface area contributed by atoms with Gasteiger partial charge in [-0.05, 0) is 47.7 Å². The number of amides is 1. The molecular formula is C15H13N5O. The summed E-state index contributed by atoms with van der Waals surface area (Å²) < 4.78 is 1.53. The molecule has 3 rings (SSSR count). The van der Waals surface area contributed by atoms with Crippen LogP contribution in [0.15, 0.2) is 54.9 Å². The van der Waals surface area contributed by atoms with E-state index >= 15 is 0 Å². The Kier molecular flexibility index (Phi) is 3.42. The summed E-state index contributed by atoms with van der Waals surface area (Å²) in [5, 5.41) is 13.9. The molecule has 1 heterocycles. The molecule has 6 heteroatoms. The van der Waals surface area contributed by atoms with Crippen molar-refractivity contribution in [2.45, 2.75) is 6.92 Å². The number of hydrogen-bond acceptors (Lipinski definition) is 4. The van der Waals surface area contributed by atoms with Crippen LogP contribution in [-0.2, 0) is 0 Å². The van der Waals surface area contributed by atoms with Gasteiger partial charge >= 0.3 is 0 Å².